The van der Waals surface area contributed by atoms with Crippen LogP contribution in [-0.4, -0.2) is 22.9 Å². The first kappa shape index (κ1) is 9.42. The molecular formula is C12H9BN2O. The van der Waals surface area contributed by atoms with Gasteiger partial charge in [-0.1, -0.05) is 17.6 Å². The molecule has 76 valence electrons. The first-order valence-corrected chi connectivity index (χ1v) is 5.04. The second-order valence-electron chi connectivity index (χ2n) is 3.81. The van der Waals surface area contributed by atoms with Gasteiger partial charge < -0.3 is 10.1 Å². The van der Waals surface area contributed by atoms with Crippen LogP contribution in [-0.2, 0) is 6.61 Å². The molecule has 0 aliphatic rings. The highest BCUT2D eigenvalue weighted by Gasteiger charge is 2.05. The van der Waals surface area contributed by atoms with Crippen LogP contribution in [0.5, 0.6) is 0 Å². The Labute approximate surface area is 93.5 Å². The van der Waals surface area contributed by atoms with Crippen molar-refractivity contribution in [2.24, 2.45) is 0 Å². The van der Waals surface area contributed by atoms with Gasteiger partial charge in [0.15, 0.2) is 0 Å². The molecule has 0 aliphatic heterocycles. The van der Waals surface area contributed by atoms with E-state index in [4.69, 9.17) is 13.0 Å². The molecule has 1 aromatic carbocycles. The van der Waals surface area contributed by atoms with Gasteiger partial charge in [0.25, 0.3) is 0 Å². The van der Waals surface area contributed by atoms with E-state index in [0.29, 0.717) is 5.69 Å². The number of benzene rings is 1. The van der Waals surface area contributed by atoms with Crippen molar-refractivity contribution in [3.63, 3.8) is 0 Å². The lowest BCUT2D eigenvalue weighted by Gasteiger charge is -1.96. The Bertz CT molecular complexity index is 675. The van der Waals surface area contributed by atoms with E-state index in [1.807, 2.05) is 24.3 Å². The van der Waals surface area contributed by atoms with E-state index in [1.165, 1.54) is 0 Å². The molecule has 0 unspecified atom stereocenters. The summed E-state index contributed by atoms with van der Waals surface area (Å²) in [6.45, 7) is -0.0507. The predicted octanol–water partition coefficient (Wildman–Crippen LogP) is 1.00. The second kappa shape index (κ2) is 3.35. The minimum Gasteiger partial charge on any atom is -0.390 e. The molecule has 2 aromatic heterocycles. The van der Waals surface area contributed by atoms with Crippen molar-refractivity contribution in [3.8, 4) is 0 Å². The van der Waals surface area contributed by atoms with Crippen molar-refractivity contribution in [1.82, 2.24) is 9.97 Å². The summed E-state index contributed by atoms with van der Waals surface area (Å²) in [6.07, 6.45) is 1.73. The summed E-state index contributed by atoms with van der Waals surface area (Å²) in [5.74, 6) is 0. The molecular weight excluding hydrogens is 199 g/mol. The molecule has 3 nitrogen and oxygen atoms in total. The van der Waals surface area contributed by atoms with Crippen molar-refractivity contribution >= 4 is 35.1 Å². The van der Waals surface area contributed by atoms with Crippen LogP contribution in [0.15, 0.2) is 30.5 Å². The fourth-order valence-corrected chi connectivity index (χ4v) is 1.95. The number of aromatic amines is 1. The SMILES string of the molecule is [B]c1ccc2[nH]c3cnc(CO)cc3c2c1. The topological polar surface area (TPSA) is 48.9 Å². The normalized spacial score (nSPS) is 11.3. The van der Waals surface area contributed by atoms with Gasteiger partial charge >= 0.3 is 0 Å². The predicted molar refractivity (Wildman–Crippen MR) is 64.9 cm³/mol. The fraction of sp³-hybridized carbons (Fsp3) is 0.0833. The first-order valence-electron chi connectivity index (χ1n) is 5.04. The summed E-state index contributed by atoms with van der Waals surface area (Å²) >= 11 is 0. The largest absolute Gasteiger partial charge is 0.390 e. The fourth-order valence-electron chi connectivity index (χ4n) is 1.95. The summed E-state index contributed by atoms with van der Waals surface area (Å²) in [5.41, 5.74) is 3.38. The highest BCUT2D eigenvalue weighted by Crippen LogP contribution is 2.24. The van der Waals surface area contributed by atoms with E-state index in [0.717, 1.165) is 27.3 Å². The number of nitrogens with one attached hydrogen (secondary N) is 1. The molecule has 0 amide bonds. The number of aliphatic hydroxyl groups is 1. The van der Waals surface area contributed by atoms with E-state index in [1.54, 1.807) is 6.20 Å². The Kier molecular flexibility index (Phi) is 1.97. The first-order chi connectivity index (χ1) is 7.78. The molecule has 3 aromatic rings. The summed E-state index contributed by atoms with van der Waals surface area (Å²) < 4.78 is 0. The van der Waals surface area contributed by atoms with Gasteiger partial charge in [0.2, 0.25) is 0 Å². The molecule has 0 aliphatic carbocycles. The summed E-state index contributed by atoms with van der Waals surface area (Å²) in [6, 6.07) is 7.62. The maximum Gasteiger partial charge on any atom is 0.113 e. The molecule has 2 heterocycles. The number of aliphatic hydroxyl groups excluding tert-OH is 1. The van der Waals surface area contributed by atoms with Crippen molar-refractivity contribution in [3.05, 3.63) is 36.2 Å². The number of fused-ring (bicyclic) bond motifs is 3. The van der Waals surface area contributed by atoms with Crippen LogP contribution in [0.25, 0.3) is 21.8 Å². The minimum atomic E-state index is -0.0507. The molecule has 4 heteroatoms. The number of pyridine rings is 1. The lowest BCUT2D eigenvalue weighted by molar-refractivity contribution is 0.277. The van der Waals surface area contributed by atoms with Gasteiger partial charge in [-0.05, 0) is 12.1 Å². The number of aromatic nitrogens is 2. The molecule has 3 rings (SSSR count). The molecule has 0 saturated heterocycles. The zero-order valence-electron chi connectivity index (χ0n) is 8.57. The standard InChI is InChI=1S/C12H9BN2O/c13-7-1-2-11-9(3-7)10-4-8(6-16)14-5-12(10)15-11/h1-5,15-16H,6H2. The smallest absolute Gasteiger partial charge is 0.113 e. The van der Waals surface area contributed by atoms with E-state index in [2.05, 4.69) is 9.97 Å². The quantitative estimate of drug-likeness (QED) is 0.586. The van der Waals surface area contributed by atoms with E-state index in [-0.39, 0.29) is 6.61 Å². The maximum atomic E-state index is 9.06. The zero-order chi connectivity index (χ0) is 11.1. The van der Waals surface area contributed by atoms with Gasteiger partial charge in [0, 0.05) is 16.3 Å². The van der Waals surface area contributed by atoms with Gasteiger partial charge in [0.05, 0.1) is 24.0 Å². The number of hydrogen-bond donors (Lipinski definition) is 2. The molecule has 0 spiro atoms. The number of hydrogen-bond acceptors (Lipinski definition) is 2. The Morgan fingerprint density at radius 2 is 2.00 bits per heavy atom. The Morgan fingerprint density at radius 3 is 2.81 bits per heavy atom. The highest BCUT2D eigenvalue weighted by molar-refractivity contribution is 6.33. The zero-order valence-corrected chi connectivity index (χ0v) is 8.57. The monoisotopic (exact) mass is 208 g/mol. The average molecular weight is 208 g/mol. The van der Waals surface area contributed by atoms with E-state index >= 15 is 0 Å². The van der Waals surface area contributed by atoms with Gasteiger partial charge in [0.1, 0.15) is 7.85 Å². The van der Waals surface area contributed by atoms with E-state index in [9.17, 15) is 0 Å². The van der Waals surface area contributed by atoms with Gasteiger partial charge in [-0.3, -0.25) is 4.98 Å². The van der Waals surface area contributed by atoms with Crippen LogP contribution in [0, 0.1) is 0 Å². The lowest BCUT2D eigenvalue weighted by Crippen LogP contribution is -1.98. The lowest BCUT2D eigenvalue weighted by atomic mass is 9.94. The summed E-state index contributed by atoms with van der Waals surface area (Å²) in [4.78, 5) is 7.39. The molecule has 0 bridgehead atoms. The van der Waals surface area contributed by atoms with Crippen molar-refractivity contribution in [2.45, 2.75) is 6.61 Å². The third-order valence-corrected chi connectivity index (χ3v) is 2.73. The molecule has 0 atom stereocenters. The van der Waals surface area contributed by atoms with Gasteiger partial charge in [-0.2, -0.15) is 0 Å². The second-order valence-corrected chi connectivity index (χ2v) is 3.81. The Morgan fingerprint density at radius 1 is 1.19 bits per heavy atom. The summed E-state index contributed by atoms with van der Waals surface area (Å²) in [5, 5.41) is 11.2. The average Bonchev–Trinajstić information content (AvgIpc) is 2.66. The highest BCUT2D eigenvalue weighted by atomic mass is 16.3. The number of H-pyrrole nitrogens is 1. The van der Waals surface area contributed by atoms with Gasteiger partial charge in [-0.15, -0.1) is 0 Å². The Balaban J connectivity index is 2.44. The maximum absolute atomic E-state index is 9.06. The van der Waals surface area contributed by atoms with Crippen LogP contribution in [0.3, 0.4) is 0 Å². The van der Waals surface area contributed by atoms with Gasteiger partial charge in [-0.25, -0.2) is 0 Å². The van der Waals surface area contributed by atoms with Crippen LogP contribution in [0.1, 0.15) is 5.69 Å². The summed E-state index contributed by atoms with van der Waals surface area (Å²) in [7, 11) is 5.77. The number of nitrogens with zero attached hydrogens (tertiary/aromatic N) is 1. The van der Waals surface area contributed by atoms with Crippen molar-refractivity contribution in [1.29, 1.82) is 0 Å². The van der Waals surface area contributed by atoms with Crippen molar-refractivity contribution < 1.29 is 5.11 Å². The van der Waals surface area contributed by atoms with Crippen LogP contribution in [0.4, 0.5) is 0 Å². The van der Waals surface area contributed by atoms with Crippen LogP contribution < -0.4 is 5.46 Å². The molecule has 0 fully saturated rings. The molecule has 2 N–H and O–H groups in total. The van der Waals surface area contributed by atoms with Crippen molar-refractivity contribution in [2.75, 3.05) is 0 Å². The molecule has 16 heavy (non-hydrogen) atoms. The number of rotatable bonds is 1. The van der Waals surface area contributed by atoms with Crippen LogP contribution in [0.2, 0.25) is 0 Å². The third kappa shape index (κ3) is 1.31. The van der Waals surface area contributed by atoms with Crippen LogP contribution >= 0.6 is 0 Å². The molecule has 2 radical (unpaired) electrons. The molecule has 0 saturated carbocycles. The Hall–Kier alpha value is -1.81. The minimum absolute atomic E-state index is 0.0507. The van der Waals surface area contributed by atoms with E-state index < -0.39 is 0 Å². The third-order valence-electron chi connectivity index (χ3n) is 2.73.